The van der Waals surface area contributed by atoms with Crippen molar-refractivity contribution in [3.05, 3.63) is 83.4 Å². The van der Waals surface area contributed by atoms with E-state index in [4.69, 9.17) is 16.3 Å². The molecule has 4 nitrogen and oxygen atoms in total. The van der Waals surface area contributed by atoms with Crippen LogP contribution in [0.1, 0.15) is 25.5 Å². The monoisotopic (exact) mass is 394 g/mol. The van der Waals surface area contributed by atoms with Crippen molar-refractivity contribution in [3.63, 3.8) is 0 Å². The first kappa shape index (κ1) is 19.8. The summed E-state index contributed by atoms with van der Waals surface area (Å²) in [5.41, 5.74) is 2.83. The van der Waals surface area contributed by atoms with E-state index in [1.54, 1.807) is 31.0 Å². The van der Waals surface area contributed by atoms with Gasteiger partial charge in [-0.1, -0.05) is 35.9 Å². The van der Waals surface area contributed by atoms with Gasteiger partial charge in [0.25, 0.3) is 0 Å². The molecule has 0 heterocycles. The molecule has 1 atom stereocenters. The predicted molar refractivity (Wildman–Crippen MR) is 116 cm³/mol. The second kappa shape index (κ2) is 8.81. The quantitative estimate of drug-likeness (QED) is 0.534. The number of para-hydroxylation sites is 2. The van der Waals surface area contributed by atoms with Crippen molar-refractivity contribution in [1.29, 1.82) is 0 Å². The number of nitrogens with one attached hydrogen (secondary N) is 1. The lowest BCUT2D eigenvalue weighted by Crippen LogP contribution is -2.23. The number of hydrogen-bond acceptors (Lipinski definition) is 3. The number of amides is 1. The molecule has 144 valence electrons. The van der Waals surface area contributed by atoms with E-state index >= 15 is 0 Å². The van der Waals surface area contributed by atoms with Crippen molar-refractivity contribution in [2.24, 2.45) is 0 Å². The van der Waals surface area contributed by atoms with Crippen LogP contribution in [0.5, 0.6) is 11.5 Å². The number of halogens is 1. The van der Waals surface area contributed by atoms with E-state index in [0.29, 0.717) is 5.02 Å². The SMILES string of the molecule is CC(=O)N(C)c1cccc(C(C)Nc2ccccc2Oc2ccc(Cl)cc2)c1. The summed E-state index contributed by atoms with van der Waals surface area (Å²) in [7, 11) is 1.77. The lowest BCUT2D eigenvalue weighted by atomic mass is 10.1. The molecule has 3 aromatic carbocycles. The molecule has 0 aliphatic carbocycles. The third-order valence-electron chi connectivity index (χ3n) is 4.53. The molecule has 3 rings (SSSR count). The largest absolute Gasteiger partial charge is 0.455 e. The van der Waals surface area contributed by atoms with Gasteiger partial charge >= 0.3 is 0 Å². The Morgan fingerprint density at radius 1 is 1.04 bits per heavy atom. The van der Waals surface area contributed by atoms with Gasteiger partial charge in [0.05, 0.1) is 5.69 Å². The third kappa shape index (κ3) is 4.84. The van der Waals surface area contributed by atoms with Gasteiger partial charge in [-0.2, -0.15) is 0 Å². The summed E-state index contributed by atoms with van der Waals surface area (Å²) in [6, 6.07) is 23.0. The van der Waals surface area contributed by atoms with Crippen LogP contribution in [0.15, 0.2) is 72.8 Å². The topological polar surface area (TPSA) is 41.6 Å². The molecule has 1 N–H and O–H groups in total. The van der Waals surface area contributed by atoms with Crippen LogP contribution < -0.4 is 15.0 Å². The van der Waals surface area contributed by atoms with Crippen LogP contribution in [-0.4, -0.2) is 13.0 Å². The fourth-order valence-electron chi connectivity index (χ4n) is 2.81. The van der Waals surface area contributed by atoms with Crippen LogP contribution in [0.2, 0.25) is 5.02 Å². The summed E-state index contributed by atoms with van der Waals surface area (Å²) >= 11 is 5.94. The van der Waals surface area contributed by atoms with E-state index < -0.39 is 0 Å². The second-order valence-corrected chi connectivity index (χ2v) is 7.03. The van der Waals surface area contributed by atoms with Crippen LogP contribution in [0.4, 0.5) is 11.4 Å². The Morgan fingerprint density at radius 3 is 2.46 bits per heavy atom. The fourth-order valence-corrected chi connectivity index (χ4v) is 2.93. The molecule has 5 heteroatoms. The molecule has 0 aliphatic heterocycles. The maximum atomic E-state index is 11.6. The van der Waals surface area contributed by atoms with Gasteiger partial charge in [0.1, 0.15) is 5.75 Å². The van der Waals surface area contributed by atoms with Gasteiger partial charge < -0.3 is 15.0 Å². The Labute approximate surface area is 170 Å². The molecule has 0 radical (unpaired) electrons. The first-order valence-corrected chi connectivity index (χ1v) is 9.45. The average molecular weight is 395 g/mol. The number of hydrogen-bond donors (Lipinski definition) is 1. The number of ether oxygens (including phenoxy) is 1. The Bertz CT molecular complexity index is 957. The van der Waals surface area contributed by atoms with Gasteiger partial charge in [0.2, 0.25) is 5.91 Å². The zero-order valence-corrected chi connectivity index (χ0v) is 16.9. The molecule has 0 spiro atoms. The summed E-state index contributed by atoms with van der Waals surface area (Å²) in [6.07, 6.45) is 0. The van der Waals surface area contributed by atoms with E-state index in [1.165, 1.54) is 0 Å². The molecule has 0 bridgehead atoms. The second-order valence-electron chi connectivity index (χ2n) is 6.59. The Balaban J connectivity index is 1.79. The van der Waals surface area contributed by atoms with Gasteiger partial charge in [-0.25, -0.2) is 0 Å². The molecule has 0 saturated carbocycles. The van der Waals surface area contributed by atoms with Crippen LogP contribution in [0, 0.1) is 0 Å². The van der Waals surface area contributed by atoms with E-state index in [9.17, 15) is 4.79 Å². The summed E-state index contributed by atoms with van der Waals surface area (Å²) in [5, 5.41) is 4.17. The zero-order chi connectivity index (χ0) is 20.1. The summed E-state index contributed by atoms with van der Waals surface area (Å²) in [5.74, 6) is 1.45. The van der Waals surface area contributed by atoms with Gasteiger partial charge in [-0.3, -0.25) is 4.79 Å². The highest BCUT2D eigenvalue weighted by atomic mass is 35.5. The van der Waals surface area contributed by atoms with Crippen molar-refractivity contribution in [1.82, 2.24) is 0 Å². The first-order chi connectivity index (χ1) is 13.4. The number of carbonyl (C=O) groups excluding carboxylic acids is 1. The summed E-state index contributed by atoms with van der Waals surface area (Å²) in [6.45, 7) is 3.63. The van der Waals surface area contributed by atoms with Gasteiger partial charge in [-0.05, 0) is 61.0 Å². The lowest BCUT2D eigenvalue weighted by Gasteiger charge is -2.21. The standard InChI is InChI=1S/C23H23ClN2O2/c1-16(18-7-6-8-20(15-18)26(3)17(2)27)25-22-9-4-5-10-23(22)28-21-13-11-19(24)12-14-21/h4-16,25H,1-3H3. The number of carbonyl (C=O) groups is 1. The highest BCUT2D eigenvalue weighted by Crippen LogP contribution is 2.32. The molecular weight excluding hydrogens is 372 g/mol. The van der Waals surface area contributed by atoms with Crippen molar-refractivity contribution in [3.8, 4) is 11.5 Å². The normalized spacial score (nSPS) is 11.6. The Hall–Kier alpha value is -2.98. The molecule has 0 aromatic heterocycles. The fraction of sp³-hybridized carbons (Fsp3) is 0.174. The molecule has 3 aromatic rings. The molecule has 1 unspecified atom stereocenters. The van der Waals surface area contributed by atoms with Crippen LogP contribution in [0.25, 0.3) is 0 Å². The number of anilines is 2. The Kier molecular flexibility index (Phi) is 6.22. The minimum atomic E-state index is -0.000489. The zero-order valence-electron chi connectivity index (χ0n) is 16.1. The number of rotatable bonds is 6. The van der Waals surface area contributed by atoms with Crippen LogP contribution in [-0.2, 0) is 4.79 Å². The van der Waals surface area contributed by atoms with E-state index in [0.717, 1.165) is 28.4 Å². The molecular formula is C23H23ClN2O2. The van der Waals surface area contributed by atoms with Crippen LogP contribution >= 0.6 is 11.6 Å². The van der Waals surface area contributed by atoms with Gasteiger partial charge in [-0.15, -0.1) is 0 Å². The first-order valence-electron chi connectivity index (χ1n) is 9.07. The van der Waals surface area contributed by atoms with E-state index in [-0.39, 0.29) is 11.9 Å². The third-order valence-corrected chi connectivity index (χ3v) is 4.78. The molecule has 28 heavy (non-hydrogen) atoms. The summed E-state index contributed by atoms with van der Waals surface area (Å²) in [4.78, 5) is 13.3. The van der Waals surface area contributed by atoms with Crippen LogP contribution in [0.3, 0.4) is 0 Å². The van der Waals surface area contributed by atoms with Crippen molar-refractivity contribution in [2.45, 2.75) is 19.9 Å². The highest BCUT2D eigenvalue weighted by Gasteiger charge is 2.12. The lowest BCUT2D eigenvalue weighted by molar-refractivity contribution is -0.116. The average Bonchev–Trinajstić information content (AvgIpc) is 2.70. The van der Waals surface area contributed by atoms with E-state index in [2.05, 4.69) is 12.2 Å². The smallest absolute Gasteiger partial charge is 0.223 e. The van der Waals surface area contributed by atoms with Gasteiger partial charge in [0.15, 0.2) is 5.75 Å². The molecule has 0 aliphatic rings. The van der Waals surface area contributed by atoms with Crippen molar-refractivity contribution in [2.75, 3.05) is 17.3 Å². The van der Waals surface area contributed by atoms with Gasteiger partial charge in [0, 0.05) is 30.7 Å². The molecule has 0 fully saturated rings. The minimum Gasteiger partial charge on any atom is -0.455 e. The maximum absolute atomic E-state index is 11.6. The molecule has 1 amide bonds. The minimum absolute atomic E-state index is 0.000489. The number of benzene rings is 3. The maximum Gasteiger partial charge on any atom is 0.223 e. The summed E-state index contributed by atoms with van der Waals surface area (Å²) < 4.78 is 6.02. The number of nitrogens with zero attached hydrogens (tertiary/aromatic N) is 1. The molecule has 0 saturated heterocycles. The van der Waals surface area contributed by atoms with Crippen molar-refractivity contribution >= 4 is 28.9 Å². The Morgan fingerprint density at radius 2 is 1.75 bits per heavy atom. The highest BCUT2D eigenvalue weighted by molar-refractivity contribution is 6.30. The van der Waals surface area contributed by atoms with E-state index in [1.807, 2.05) is 60.7 Å². The predicted octanol–water partition coefficient (Wildman–Crippen LogP) is 6.29. The van der Waals surface area contributed by atoms with Crippen molar-refractivity contribution < 1.29 is 9.53 Å².